The first-order chi connectivity index (χ1) is 9.96. The fraction of sp³-hybridized carbons (Fsp3) is 0.933. The summed E-state index contributed by atoms with van der Waals surface area (Å²) in [6.45, 7) is 7.88. The van der Waals surface area contributed by atoms with Gasteiger partial charge in [-0.25, -0.2) is 8.42 Å². The third-order valence-electron chi connectivity index (χ3n) is 4.93. The second-order valence-corrected chi connectivity index (χ2v) is 8.53. The molecule has 5 nitrogen and oxygen atoms in total. The van der Waals surface area contributed by atoms with Crippen molar-refractivity contribution in [2.24, 2.45) is 5.92 Å². The number of hydrogen-bond donors (Lipinski definition) is 0. The van der Waals surface area contributed by atoms with Crippen molar-refractivity contribution in [3.8, 4) is 0 Å². The lowest BCUT2D eigenvalue weighted by molar-refractivity contribution is -0.136. The van der Waals surface area contributed by atoms with Crippen LogP contribution in [0.15, 0.2) is 0 Å². The molecule has 2 rings (SSSR count). The number of likely N-dealkylation sites (N-methyl/N-ethyl adjacent to an activating group) is 2. The summed E-state index contributed by atoms with van der Waals surface area (Å²) >= 11 is 0. The summed E-state index contributed by atoms with van der Waals surface area (Å²) in [5, 5.41) is 0. The van der Waals surface area contributed by atoms with Gasteiger partial charge in [0, 0.05) is 25.0 Å². The van der Waals surface area contributed by atoms with Crippen LogP contribution in [-0.4, -0.2) is 67.9 Å². The first-order valence-corrected chi connectivity index (χ1v) is 10.0. The number of likely N-dealkylation sites (tertiary alicyclic amines) is 1. The van der Waals surface area contributed by atoms with Crippen molar-refractivity contribution in [1.29, 1.82) is 0 Å². The van der Waals surface area contributed by atoms with Gasteiger partial charge in [-0.2, -0.15) is 0 Å². The molecule has 21 heavy (non-hydrogen) atoms. The molecule has 1 unspecified atom stereocenters. The fourth-order valence-corrected chi connectivity index (χ4v) is 5.03. The maximum atomic E-state index is 12.6. The molecule has 2 heterocycles. The van der Waals surface area contributed by atoms with Crippen molar-refractivity contribution in [2.75, 3.05) is 37.7 Å². The number of carbonyl (C=O) groups is 1. The van der Waals surface area contributed by atoms with Crippen LogP contribution >= 0.6 is 0 Å². The second kappa shape index (κ2) is 7.09. The van der Waals surface area contributed by atoms with Gasteiger partial charge >= 0.3 is 0 Å². The number of carbonyl (C=O) groups excluding carboxylic acids is 1. The Kier molecular flexibility index (Phi) is 5.66. The molecular formula is C15H28N2O3S. The predicted molar refractivity (Wildman–Crippen MR) is 83.9 cm³/mol. The van der Waals surface area contributed by atoms with Crippen LogP contribution in [0, 0.1) is 5.92 Å². The van der Waals surface area contributed by atoms with Crippen LogP contribution in [0.25, 0.3) is 0 Å². The molecule has 0 spiro atoms. The van der Waals surface area contributed by atoms with Crippen LogP contribution in [0.5, 0.6) is 0 Å². The normalized spacial score (nSPS) is 26.9. The zero-order valence-electron chi connectivity index (χ0n) is 13.3. The number of amides is 1. The SMILES string of the molecule is CCN(CC1CCCN1CC)C(=O)C1CCS(=O)(=O)CC1. The van der Waals surface area contributed by atoms with E-state index in [0.717, 1.165) is 32.6 Å². The summed E-state index contributed by atoms with van der Waals surface area (Å²) in [5.41, 5.74) is 0. The average Bonchev–Trinajstić information content (AvgIpc) is 2.91. The molecular weight excluding hydrogens is 288 g/mol. The molecule has 2 fully saturated rings. The molecule has 122 valence electrons. The third-order valence-corrected chi connectivity index (χ3v) is 6.65. The Labute approximate surface area is 128 Å². The van der Waals surface area contributed by atoms with E-state index in [-0.39, 0.29) is 23.3 Å². The highest BCUT2D eigenvalue weighted by atomic mass is 32.2. The lowest BCUT2D eigenvalue weighted by Gasteiger charge is -2.33. The van der Waals surface area contributed by atoms with E-state index in [1.807, 2.05) is 11.8 Å². The quantitative estimate of drug-likeness (QED) is 0.763. The highest BCUT2D eigenvalue weighted by molar-refractivity contribution is 7.91. The Morgan fingerprint density at radius 1 is 1.19 bits per heavy atom. The molecule has 2 aliphatic heterocycles. The van der Waals surface area contributed by atoms with E-state index < -0.39 is 9.84 Å². The molecule has 1 amide bonds. The smallest absolute Gasteiger partial charge is 0.225 e. The van der Waals surface area contributed by atoms with Gasteiger partial charge in [0.25, 0.3) is 0 Å². The maximum Gasteiger partial charge on any atom is 0.225 e. The van der Waals surface area contributed by atoms with Crippen molar-refractivity contribution >= 4 is 15.7 Å². The minimum absolute atomic E-state index is 0.0926. The van der Waals surface area contributed by atoms with Crippen LogP contribution < -0.4 is 0 Å². The van der Waals surface area contributed by atoms with Gasteiger partial charge in [0.05, 0.1) is 11.5 Å². The molecule has 0 aromatic carbocycles. The monoisotopic (exact) mass is 316 g/mol. The summed E-state index contributed by atoms with van der Waals surface area (Å²) in [7, 11) is -2.90. The predicted octanol–water partition coefficient (Wildman–Crippen LogP) is 1.14. The first kappa shape index (κ1) is 16.7. The molecule has 2 aliphatic rings. The van der Waals surface area contributed by atoms with Crippen molar-refractivity contribution in [1.82, 2.24) is 9.80 Å². The topological polar surface area (TPSA) is 57.7 Å². The first-order valence-electron chi connectivity index (χ1n) is 8.20. The largest absolute Gasteiger partial charge is 0.341 e. The van der Waals surface area contributed by atoms with Crippen LogP contribution in [0.4, 0.5) is 0 Å². The Hall–Kier alpha value is -0.620. The minimum Gasteiger partial charge on any atom is -0.341 e. The van der Waals surface area contributed by atoms with E-state index in [0.29, 0.717) is 18.9 Å². The Bertz CT molecular complexity index is 450. The van der Waals surface area contributed by atoms with E-state index in [2.05, 4.69) is 11.8 Å². The molecule has 6 heteroatoms. The van der Waals surface area contributed by atoms with E-state index in [1.54, 1.807) is 0 Å². The van der Waals surface area contributed by atoms with E-state index in [9.17, 15) is 13.2 Å². The molecule has 0 aromatic rings. The summed E-state index contributed by atoms with van der Waals surface area (Å²) in [4.78, 5) is 17.0. The molecule has 0 radical (unpaired) electrons. The van der Waals surface area contributed by atoms with Gasteiger partial charge in [-0.05, 0) is 45.7 Å². The molecule has 0 N–H and O–H groups in total. The Morgan fingerprint density at radius 2 is 1.86 bits per heavy atom. The standard InChI is InChI=1S/C15H28N2O3S/c1-3-16-9-5-6-14(16)12-17(4-2)15(18)13-7-10-21(19,20)11-8-13/h13-14H,3-12H2,1-2H3. The van der Waals surface area contributed by atoms with Crippen LogP contribution in [0.2, 0.25) is 0 Å². The Morgan fingerprint density at radius 3 is 2.43 bits per heavy atom. The van der Waals surface area contributed by atoms with E-state index in [4.69, 9.17) is 0 Å². The lowest BCUT2D eigenvalue weighted by Crippen LogP contribution is -2.46. The van der Waals surface area contributed by atoms with Crippen LogP contribution in [0.3, 0.4) is 0 Å². The van der Waals surface area contributed by atoms with Gasteiger partial charge in [0.1, 0.15) is 9.84 Å². The molecule has 0 saturated carbocycles. The van der Waals surface area contributed by atoms with Crippen molar-refractivity contribution in [3.05, 3.63) is 0 Å². The van der Waals surface area contributed by atoms with Gasteiger partial charge in [0.2, 0.25) is 5.91 Å². The molecule has 2 saturated heterocycles. The lowest BCUT2D eigenvalue weighted by atomic mass is 10.0. The van der Waals surface area contributed by atoms with E-state index in [1.165, 1.54) is 6.42 Å². The number of hydrogen-bond acceptors (Lipinski definition) is 4. The van der Waals surface area contributed by atoms with Gasteiger partial charge in [-0.15, -0.1) is 0 Å². The van der Waals surface area contributed by atoms with Gasteiger partial charge in [0.15, 0.2) is 0 Å². The molecule has 0 aromatic heterocycles. The van der Waals surface area contributed by atoms with Gasteiger partial charge in [-0.3, -0.25) is 9.69 Å². The second-order valence-electron chi connectivity index (χ2n) is 6.23. The number of rotatable bonds is 5. The summed E-state index contributed by atoms with van der Waals surface area (Å²) in [6.07, 6.45) is 3.38. The maximum absolute atomic E-state index is 12.6. The highest BCUT2D eigenvalue weighted by Crippen LogP contribution is 2.23. The third kappa shape index (κ3) is 4.19. The highest BCUT2D eigenvalue weighted by Gasteiger charge is 2.33. The van der Waals surface area contributed by atoms with E-state index >= 15 is 0 Å². The number of nitrogens with zero attached hydrogens (tertiary/aromatic N) is 2. The molecule has 0 bridgehead atoms. The van der Waals surface area contributed by atoms with Crippen LogP contribution in [-0.2, 0) is 14.6 Å². The molecule has 1 atom stereocenters. The summed E-state index contributed by atoms with van der Waals surface area (Å²) in [6, 6.07) is 0.478. The van der Waals surface area contributed by atoms with Crippen molar-refractivity contribution in [3.63, 3.8) is 0 Å². The zero-order valence-corrected chi connectivity index (χ0v) is 14.1. The molecule has 0 aliphatic carbocycles. The fourth-order valence-electron chi connectivity index (χ4n) is 3.54. The minimum atomic E-state index is -2.90. The van der Waals surface area contributed by atoms with Crippen LogP contribution in [0.1, 0.15) is 39.5 Å². The summed E-state index contributed by atoms with van der Waals surface area (Å²) in [5.74, 6) is 0.414. The summed E-state index contributed by atoms with van der Waals surface area (Å²) < 4.78 is 23.0. The van der Waals surface area contributed by atoms with Gasteiger partial charge in [-0.1, -0.05) is 6.92 Å². The Balaban J connectivity index is 1.92. The van der Waals surface area contributed by atoms with Crippen molar-refractivity contribution in [2.45, 2.75) is 45.6 Å². The zero-order chi connectivity index (χ0) is 15.5. The van der Waals surface area contributed by atoms with Crippen molar-refractivity contribution < 1.29 is 13.2 Å². The van der Waals surface area contributed by atoms with Gasteiger partial charge < -0.3 is 4.90 Å². The number of sulfone groups is 1. The average molecular weight is 316 g/mol.